The van der Waals surface area contributed by atoms with Crippen molar-refractivity contribution in [2.45, 2.75) is 39.5 Å². The van der Waals surface area contributed by atoms with Crippen molar-refractivity contribution in [3.05, 3.63) is 49.9 Å². The topological polar surface area (TPSA) is 99.6 Å². The van der Waals surface area contributed by atoms with Gasteiger partial charge in [-0.3, -0.25) is 19.4 Å². The van der Waals surface area contributed by atoms with Gasteiger partial charge in [0.2, 0.25) is 0 Å². The van der Waals surface area contributed by atoms with Crippen LogP contribution in [0.3, 0.4) is 0 Å². The number of amides is 1. The Kier molecular flexibility index (Phi) is 6.36. The van der Waals surface area contributed by atoms with Gasteiger partial charge in [-0.25, -0.2) is 0 Å². The molecule has 1 aliphatic rings. The van der Waals surface area contributed by atoms with Crippen molar-refractivity contribution in [3.63, 3.8) is 0 Å². The summed E-state index contributed by atoms with van der Waals surface area (Å²) in [6, 6.07) is 3.22. The number of aliphatic hydroxyl groups is 1. The number of ether oxygens (including phenoxy) is 1. The van der Waals surface area contributed by atoms with Crippen molar-refractivity contribution in [1.29, 1.82) is 0 Å². The molecule has 1 amide bonds. The molecule has 0 spiro atoms. The van der Waals surface area contributed by atoms with E-state index in [4.69, 9.17) is 16.3 Å². The van der Waals surface area contributed by atoms with Gasteiger partial charge in [0.15, 0.2) is 0 Å². The maximum atomic E-state index is 12.9. The van der Waals surface area contributed by atoms with Gasteiger partial charge in [0.05, 0.1) is 37.5 Å². The molecule has 3 N–H and O–H groups in total. The molecule has 1 aromatic carbocycles. The molecule has 0 aliphatic carbocycles. The summed E-state index contributed by atoms with van der Waals surface area (Å²) in [6.45, 7) is 7.08. The predicted octanol–water partition coefficient (Wildman–Crippen LogP) is 1.50. The Morgan fingerprint density at radius 2 is 2.14 bits per heavy atom. The molecule has 9 heteroatoms. The minimum absolute atomic E-state index is 0.120. The van der Waals surface area contributed by atoms with E-state index in [2.05, 4.69) is 10.4 Å². The first-order valence-corrected chi connectivity index (χ1v) is 9.97. The monoisotopic (exact) mass is 422 g/mol. The van der Waals surface area contributed by atoms with Crippen LogP contribution in [0.5, 0.6) is 0 Å². The molecular weight excluding hydrogens is 396 g/mol. The Bertz CT molecular complexity index is 968. The number of aryl methyl sites for hydroxylation is 2. The fourth-order valence-corrected chi connectivity index (χ4v) is 4.03. The number of anilines is 1. The predicted molar refractivity (Wildman–Crippen MR) is 112 cm³/mol. The second-order valence-corrected chi connectivity index (χ2v) is 7.75. The Morgan fingerprint density at radius 1 is 1.41 bits per heavy atom. The summed E-state index contributed by atoms with van der Waals surface area (Å²) >= 11 is 6.32. The Balaban J connectivity index is 1.87. The van der Waals surface area contributed by atoms with Gasteiger partial charge in [-0.1, -0.05) is 11.6 Å². The first-order valence-electron chi connectivity index (χ1n) is 9.59. The van der Waals surface area contributed by atoms with Gasteiger partial charge >= 0.3 is 0 Å². The summed E-state index contributed by atoms with van der Waals surface area (Å²) < 4.78 is 6.78. The molecule has 0 radical (unpaired) electrons. The second kappa shape index (κ2) is 8.61. The van der Waals surface area contributed by atoms with E-state index in [1.54, 1.807) is 26.1 Å². The van der Waals surface area contributed by atoms with E-state index in [0.29, 0.717) is 41.6 Å². The lowest BCUT2D eigenvalue weighted by Crippen LogP contribution is -2.43. The molecule has 2 heterocycles. The van der Waals surface area contributed by atoms with E-state index in [9.17, 15) is 14.7 Å². The van der Waals surface area contributed by atoms with E-state index in [-0.39, 0.29) is 24.1 Å². The van der Waals surface area contributed by atoms with E-state index in [1.807, 2.05) is 18.7 Å². The minimum atomic E-state index is -0.599. The van der Waals surface area contributed by atoms with Crippen LogP contribution < -0.4 is 15.8 Å². The number of carbonyl (C=O) groups excluding carboxylic acids is 1. The van der Waals surface area contributed by atoms with Gasteiger partial charge in [-0.15, -0.1) is 0 Å². The third-order valence-electron chi connectivity index (χ3n) is 5.44. The van der Waals surface area contributed by atoms with Crippen LogP contribution in [0.25, 0.3) is 0 Å². The van der Waals surface area contributed by atoms with E-state index in [1.165, 1.54) is 4.68 Å². The number of nitrogens with zero attached hydrogens (tertiary/aromatic N) is 2. The standard InChI is InChI=1S/C20H27ClN4O4/c1-5-25(17-9-29-10-18(17)26)16-7-13(21)6-14(11(16)2)19(27)22-8-15-12(3)23-24(4)20(15)28/h6-7,17-18,23,26H,5,8-10H2,1-4H3,(H,22,27)/t17-,18-/m0/s1. The molecule has 1 fully saturated rings. The number of carbonyl (C=O) groups is 1. The molecule has 8 nitrogen and oxygen atoms in total. The number of nitrogens with one attached hydrogen (secondary N) is 2. The van der Waals surface area contributed by atoms with Gasteiger partial charge in [-0.2, -0.15) is 0 Å². The number of halogens is 1. The van der Waals surface area contributed by atoms with E-state index < -0.39 is 6.10 Å². The molecule has 29 heavy (non-hydrogen) atoms. The molecule has 0 bridgehead atoms. The summed E-state index contributed by atoms with van der Waals surface area (Å²) in [5.41, 5.74) is 3.04. The first-order chi connectivity index (χ1) is 13.7. The molecule has 1 aliphatic heterocycles. The number of hydrogen-bond donors (Lipinski definition) is 3. The molecule has 158 valence electrons. The number of H-pyrrole nitrogens is 1. The molecule has 1 saturated heterocycles. The van der Waals surface area contributed by atoms with Crippen LogP contribution in [-0.2, 0) is 18.3 Å². The number of rotatable bonds is 6. The fraction of sp³-hybridized carbons (Fsp3) is 0.500. The highest BCUT2D eigenvalue weighted by molar-refractivity contribution is 6.31. The van der Waals surface area contributed by atoms with Crippen LogP contribution in [0, 0.1) is 13.8 Å². The van der Waals surface area contributed by atoms with Crippen molar-refractivity contribution in [2.75, 3.05) is 24.7 Å². The summed E-state index contributed by atoms with van der Waals surface area (Å²) in [4.78, 5) is 27.0. The maximum absolute atomic E-state index is 12.9. The molecule has 0 saturated carbocycles. The Morgan fingerprint density at radius 3 is 2.69 bits per heavy atom. The van der Waals surface area contributed by atoms with Crippen molar-refractivity contribution >= 4 is 23.2 Å². The largest absolute Gasteiger partial charge is 0.388 e. The zero-order valence-electron chi connectivity index (χ0n) is 17.1. The molecular formula is C20H27ClN4O4. The first kappa shape index (κ1) is 21.4. The van der Waals surface area contributed by atoms with Gasteiger partial charge in [-0.05, 0) is 38.5 Å². The minimum Gasteiger partial charge on any atom is -0.388 e. The van der Waals surface area contributed by atoms with E-state index >= 15 is 0 Å². The number of likely N-dealkylation sites (N-methyl/N-ethyl adjacent to an activating group) is 1. The van der Waals surface area contributed by atoms with Crippen LogP contribution >= 0.6 is 11.6 Å². The van der Waals surface area contributed by atoms with E-state index in [0.717, 1.165) is 11.3 Å². The van der Waals surface area contributed by atoms with Crippen LogP contribution in [0.1, 0.15) is 34.1 Å². The third-order valence-corrected chi connectivity index (χ3v) is 5.66. The lowest BCUT2D eigenvalue weighted by atomic mass is 10.0. The number of aromatic amines is 1. The zero-order chi connectivity index (χ0) is 21.3. The summed E-state index contributed by atoms with van der Waals surface area (Å²) in [5.74, 6) is -0.312. The number of hydrogen-bond acceptors (Lipinski definition) is 5. The van der Waals surface area contributed by atoms with Crippen LogP contribution in [-0.4, -0.2) is 52.7 Å². The van der Waals surface area contributed by atoms with Crippen molar-refractivity contribution in [3.8, 4) is 0 Å². The summed E-state index contributed by atoms with van der Waals surface area (Å²) in [7, 11) is 1.63. The van der Waals surface area contributed by atoms with Crippen LogP contribution in [0.2, 0.25) is 5.02 Å². The normalized spacial score (nSPS) is 18.8. The average molecular weight is 423 g/mol. The third kappa shape index (κ3) is 4.19. The summed E-state index contributed by atoms with van der Waals surface area (Å²) in [6.07, 6.45) is -0.599. The maximum Gasteiger partial charge on any atom is 0.271 e. The molecule has 2 aromatic rings. The number of aliphatic hydroxyl groups excluding tert-OH is 1. The molecule has 3 rings (SSSR count). The van der Waals surface area contributed by atoms with Crippen molar-refractivity contribution in [2.24, 2.45) is 7.05 Å². The lowest BCUT2D eigenvalue weighted by molar-refractivity contribution is 0.0950. The Labute approximate surface area is 174 Å². The molecule has 1 aromatic heterocycles. The quantitative estimate of drug-likeness (QED) is 0.655. The highest BCUT2D eigenvalue weighted by Crippen LogP contribution is 2.31. The number of aromatic nitrogens is 2. The fourth-order valence-electron chi connectivity index (χ4n) is 3.82. The number of benzene rings is 1. The van der Waals surface area contributed by atoms with Crippen molar-refractivity contribution < 1.29 is 14.6 Å². The second-order valence-electron chi connectivity index (χ2n) is 7.32. The zero-order valence-corrected chi connectivity index (χ0v) is 17.8. The average Bonchev–Trinajstić information content (AvgIpc) is 3.19. The molecule has 2 atom stereocenters. The van der Waals surface area contributed by atoms with Gasteiger partial charge in [0.25, 0.3) is 11.5 Å². The smallest absolute Gasteiger partial charge is 0.271 e. The van der Waals surface area contributed by atoms with Gasteiger partial charge < -0.3 is 20.1 Å². The van der Waals surface area contributed by atoms with Gasteiger partial charge in [0, 0.05) is 35.6 Å². The SMILES string of the molecule is CCN(c1cc(Cl)cc(C(=O)NCc2c(C)[nH]n(C)c2=O)c1C)[C@H]1COC[C@@H]1O. The summed E-state index contributed by atoms with van der Waals surface area (Å²) in [5, 5.41) is 16.4. The van der Waals surface area contributed by atoms with Crippen LogP contribution in [0.15, 0.2) is 16.9 Å². The van der Waals surface area contributed by atoms with Crippen LogP contribution in [0.4, 0.5) is 5.69 Å². The van der Waals surface area contributed by atoms with Crippen molar-refractivity contribution in [1.82, 2.24) is 15.1 Å². The molecule has 0 unspecified atom stereocenters. The van der Waals surface area contributed by atoms with Gasteiger partial charge in [0.1, 0.15) is 0 Å². The highest BCUT2D eigenvalue weighted by Gasteiger charge is 2.32. The lowest BCUT2D eigenvalue weighted by Gasteiger charge is -2.33. The highest BCUT2D eigenvalue weighted by atomic mass is 35.5. The Hall–Kier alpha value is -2.29.